The number of hydrogen-bond donors (Lipinski definition) is 0. The van der Waals surface area contributed by atoms with Gasteiger partial charge in [0.1, 0.15) is 12.3 Å². The number of benzene rings is 4. The molecule has 0 N–H and O–H groups in total. The molecule has 1 fully saturated rings. The lowest BCUT2D eigenvalue weighted by molar-refractivity contribution is -0.384. The molecular formula is C38H25N3O9. The zero-order valence-electron chi connectivity index (χ0n) is 26.0. The maximum Gasteiger partial charge on any atom is 0.379 e. The van der Waals surface area contributed by atoms with Crippen molar-refractivity contribution in [1.82, 2.24) is 10.0 Å². The monoisotopic (exact) mass is 667 g/mol. The highest BCUT2D eigenvalue weighted by molar-refractivity contribution is 6.11. The lowest BCUT2D eigenvalue weighted by Crippen LogP contribution is -2.52. The Morgan fingerprint density at radius 3 is 1.72 bits per heavy atom. The van der Waals surface area contributed by atoms with Gasteiger partial charge in [-0.05, 0) is 70.8 Å². The van der Waals surface area contributed by atoms with Crippen molar-refractivity contribution >= 4 is 35.2 Å². The van der Waals surface area contributed by atoms with Crippen LogP contribution in [-0.4, -0.2) is 51.0 Å². The normalized spacial score (nSPS) is 19.7. The van der Waals surface area contributed by atoms with Gasteiger partial charge in [0.25, 0.3) is 23.4 Å². The van der Waals surface area contributed by atoms with Crippen molar-refractivity contribution in [3.8, 4) is 5.75 Å². The molecule has 2 bridgehead atoms. The first-order valence-corrected chi connectivity index (χ1v) is 15.7. The number of amides is 3. The minimum atomic E-state index is -0.861. The summed E-state index contributed by atoms with van der Waals surface area (Å²) in [5.41, 5.74) is 3.56. The van der Waals surface area contributed by atoms with Gasteiger partial charge in [-0.2, -0.15) is 5.01 Å². The number of hydrazine groups is 1. The summed E-state index contributed by atoms with van der Waals surface area (Å²) in [5, 5.41) is 12.9. The van der Waals surface area contributed by atoms with Crippen molar-refractivity contribution in [2.75, 3.05) is 6.54 Å². The number of nitro benzene ring substituents is 1. The number of ether oxygens (including phenoxy) is 1. The van der Waals surface area contributed by atoms with E-state index >= 15 is 0 Å². The van der Waals surface area contributed by atoms with E-state index in [1.54, 1.807) is 0 Å². The van der Waals surface area contributed by atoms with Crippen LogP contribution in [0.5, 0.6) is 5.75 Å². The number of esters is 1. The van der Waals surface area contributed by atoms with E-state index in [0.29, 0.717) is 0 Å². The topological polar surface area (TPSA) is 157 Å². The van der Waals surface area contributed by atoms with E-state index in [2.05, 4.69) is 0 Å². The van der Waals surface area contributed by atoms with Crippen molar-refractivity contribution in [3.63, 3.8) is 0 Å². The summed E-state index contributed by atoms with van der Waals surface area (Å²) in [4.78, 5) is 79.9. The SMILES string of the molecule is O=C(CN(C(=O)c1ccc([N+](=O)[O-])cc1)N1C(=O)[C@@H]2C3c4ccccc4C(c4ccccc43)[C@@H]2C1=O)c1ccc(OC(=O)c2ccco2)cc1. The van der Waals surface area contributed by atoms with Crippen LogP contribution < -0.4 is 4.74 Å². The molecule has 12 nitrogen and oxygen atoms in total. The summed E-state index contributed by atoms with van der Waals surface area (Å²) < 4.78 is 10.3. The fourth-order valence-corrected chi connectivity index (χ4v) is 7.50. The Kier molecular flexibility index (Phi) is 7.21. The second-order valence-electron chi connectivity index (χ2n) is 12.2. The highest BCUT2D eigenvalue weighted by Gasteiger charge is 2.63. The molecule has 3 aliphatic carbocycles. The average molecular weight is 668 g/mol. The van der Waals surface area contributed by atoms with Gasteiger partial charge >= 0.3 is 5.97 Å². The molecule has 0 saturated carbocycles. The number of furan rings is 1. The van der Waals surface area contributed by atoms with Crippen LogP contribution in [0.1, 0.15) is 65.4 Å². The first-order chi connectivity index (χ1) is 24.2. The number of ketones is 1. The van der Waals surface area contributed by atoms with Crippen molar-refractivity contribution in [3.05, 3.63) is 165 Å². The van der Waals surface area contributed by atoms with Crippen LogP contribution >= 0.6 is 0 Å². The van der Waals surface area contributed by atoms with Gasteiger partial charge in [-0.1, -0.05) is 48.5 Å². The number of nitro groups is 1. The molecule has 246 valence electrons. The van der Waals surface area contributed by atoms with Gasteiger partial charge in [0.05, 0.1) is 23.0 Å². The number of non-ortho nitro benzene ring substituents is 1. The van der Waals surface area contributed by atoms with Gasteiger partial charge in [0.15, 0.2) is 5.78 Å². The van der Waals surface area contributed by atoms with E-state index < -0.39 is 64.6 Å². The molecule has 0 unspecified atom stereocenters. The summed E-state index contributed by atoms with van der Waals surface area (Å²) in [6.07, 6.45) is 1.33. The molecule has 12 heteroatoms. The molecule has 5 aromatic rings. The molecular weight excluding hydrogens is 642 g/mol. The van der Waals surface area contributed by atoms with E-state index in [-0.39, 0.29) is 28.3 Å². The third-order valence-corrected chi connectivity index (χ3v) is 9.63. The standard InChI is InChI=1S/C38H25N3O9/c42-29(21-13-17-24(18-14-21)50-38(46)30-10-5-19-49-30)20-39(35(43)22-11-15-23(16-12-22)41(47)48)40-36(44)33-31-25-6-1-2-7-26(25)32(34(33)37(40)45)28-9-4-3-8-27(28)31/h1-19,31-34H,20H2/t31?,32?,33-,34+. The second kappa shape index (κ2) is 11.8. The van der Waals surface area contributed by atoms with Gasteiger partial charge < -0.3 is 9.15 Å². The number of carbonyl (C=O) groups is 5. The summed E-state index contributed by atoms with van der Waals surface area (Å²) in [6, 6.07) is 28.6. The smallest absolute Gasteiger partial charge is 0.379 e. The van der Waals surface area contributed by atoms with Gasteiger partial charge in [-0.3, -0.25) is 29.3 Å². The number of imide groups is 1. The Morgan fingerprint density at radius 1 is 0.720 bits per heavy atom. The highest BCUT2D eigenvalue weighted by atomic mass is 16.6. The maximum atomic E-state index is 14.5. The zero-order valence-corrected chi connectivity index (χ0v) is 26.0. The number of nitrogens with zero attached hydrogens (tertiary/aromatic N) is 3. The van der Waals surface area contributed by atoms with Gasteiger partial charge in [0, 0.05) is 35.1 Å². The Bertz CT molecular complexity index is 2110. The highest BCUT2D eigenvalue weighted by Crippen LogP contribution is 2.61. The van der Waals surface area contributed by atoms with E-state index in [0.717, 1.165) is 44.4 Å². The number of Topliss-reactive ketones (excluding diaryl/α,β-unsaturated/α-hetero) is 1. The van der Waals surface area contributed by atoms with Crippen LogP contribution in [0.25, 0.3) is 0 Å². The number of carbonyl (C=O) groups excluding carboxylic acids is 5. The Balaban J connectivity index is 1.14. The molecule has 9 rings (SSSR count). The molecule has 1 aliphatic heterocycles. The summed E-state index contributed by atoms with van der Waals surface area (Å²) >= 11 is 0. The summed E-state index contributed by atoms with van der Waals surface area (Å²) in [5.74, 6) is -5.83. The Morgan fingerprint density at radius 2 is 1.24 bits per heavy atom. The molecule has 4 aromatic carbocycles. The molecule has 4 aliphatic rings. The van der Waals surface area contributed by atoms with Crippen LogP contribution in [0.4, 0.5) is 5.69 Å². The minimum absolute atomic E-state index is 0.00862. The predicted octanol–water partition coefficient (Wildman–Crippen LogP) is 5.54. The third-order valence-electron chi connectivity index (χ3n) is 9.63. The molecule has 3 amide bonds. The van der Waals surface area contributed by atoms with Crippen molar-refractivity contribution < 1.29 is 38.1 Å². The van der Waals surface area contributed by atoms with Gasteiger partial charge in [0.2, 0.25) is 5.76 Å². The summed E-state index contributed by atoms with van der Waals surface area (Å²) in [6.45, 7) is -0.701. The Labute approximate surface area is 283 Å². The molecule has 0 radical (unpaired) electrons. The third kappa shape index (κ3) is 4.80. The van der Waals surface area contributed by atoms with Crippen LogP contribution in [0.2, 0.25) is 0 Å². The van der Waals surface area contributed by atoms with Crippen LogP contribution in [0, 0.1) is 22.0 Å². The average Bonchev–Trinajstić information content (AvgIpc) is 3.78. The van der Waals surface area contributed by atoms with E-state index in [4.69, 9.17) is 9.15 Å². The Hall–Kier alpha value is -6.69. The van der Waals surface area contributed by atoms with Crippen LogP contribution in [0.15, 0.2) is 120 Å². The maximum absolute atomic E-state index is 14.5. The van der Waals surface area contributed by atoms with E-state index in [1.165, 1.54) is 54.8 Å². The largest absolute Gasteiger partial charge is 0.457 e. The molecule has 50 heavy (non-hydrogen) atoms. The second-order valence-corrected chi connectivity index (χ2v) is 12.2. The van der Waals surface area contributed by atoms with E-state index in [1.807, 2.05) is 48.5 Å². The quantitative estimate of drug-likeness (QED) is 0.0518. The lowest BCUT2D eigenvalue weighted by Gasteiger charge is -2.45. The van der Waals surface area contributed by atoms with E-state index in [9.17, 15) is 34.1 Å². The van der Waals surface area contributed by atoms with Crippen molar-refractivity contribution in [1.29, 1.82) is 0 Å². The fraction of sp³-hybridized carbons (Fsp3) is 0.132. The zero-order chi connectivity index (χ0) is 34.7. The van der Waals surface area contributed by atoms with Crippen molar-refractivity contribution in [2.45, 2.75) is 11.8 Å². The first kappa shape index (κ1) is 30.6. The molecule has 1 saturated heterocycles. The first-order valence-electron chi connectivity index (χ1n) is 15.7. The molecule has 0 spiro atoms. The van der Waals surface area contributed by atoms with Crippen molar-refractivity contribution in [2.24, 2.45) is 11.8 Å². The van der Waals surface area contributed by atoms with Crippen LogP contribution in [0.3, 0.4) is 0 Å². The number of hydrogen-bond acceptors (Lipinski definition) is 9. The van der Waals surface area contributed by atoms with Crippen LogP contribution in [-0.2, 0) is 9.59 Å². The fourth-order valence-electron chi connectivity index (χ4n) is 7.50. The minimum Gasteiger partial charge on any atom is -0.457 e. The number of rotatable bonds is 8. The molecule has 1 aromatic heterocycles. The predicted molar refractivity (Wildman–Crippen MR) is 174 cm³/mol. The lowest BCUT2D eigenvalue weighted by atomic mass is 9.55. The van der Waals surface area contributed by atoms with Gasteiger partial charge in [-0.15, -0.1) is 0 Å². The molecule has 2 heterocycles. The van der Waals surface area contributed by atoms with Gasteiger partial charge in [-0.25, -0.2) is 9.80 Å². The summed E-state index contributed by atoms with van der Waals surface area (Å²) in [7, 11) is 0. The molecule has 2 atom stereocenters.